The minimum atomic E-state index is -0.835. The first kappa shape index (κ1) is 17.9. The molecule has 0 bridgehead atoms. The van der Waals surface area contributed by atoms with Crippen LogP contribution >= 0.6 is 11.3 Å². The molecule has 0 amide bonds. The number of carbonyl (C=O) groups is 1. The SMILES string of the molecule is COc1ccc(C=C(CCC(=O)O)c2nc3ccccc3s2)c(OC)c1. The van der Waals surface area contributed by atoms with Crippen LogP contribution in [0.5, 0.6) is 11.5 Å². The van der Waals surface area contributed by atoms with E-state index in [4.69, 9.17) is 14.6 Å². The monoisotopic (exact) mass is 369 g/mol. The smallest absolute Gasteiger partial charge is 0.303 e. The maximum absolute atomic E-state index is 11.1. The molecule has 0 saturated carbocycles. The molecule has 0 spiro atoms. The number of rotatable bonds is 7. The van der Waals surface area contributed by atoms with Crippen LogP contribution in [-0.2, 0) is 4.79 Å². The second kappa shape index (κ2) is 8.01. The average molecular weight is 369 g/mol. The highest BCUT2D eigenvalue weighted by Gasteiger charge is 2.13. The highest BCUT2D eigenvalue weighted by atomic mass is 32.1. The van der Waals surface area contributed by atoms with Crippen LogP contribution in [0.3, 0.4) is 0 Å². The van der Waals surface area contributed by atoms with Gasteiger partial charge in [-0.3, -0.25) is 4.79 Å². The van der Waals surface area contributed by atoms with Crippen LogP contribution in [0.15, 0.2) is 42.5 Å². The Morgan fingerprint density at radius 2 is 1.96 bits per heavy atom. The van der Waals surface area contributed by atoms with Crippen molar-refractivity contribution >= 4 is 39.2 Å². The quantitative estimate of drug-likeness (QED) is 0.653. The lowest BCUT2D eigenvalue weighted by molar-refractivity contribution is -0.136. The van der Waals surface area contributed by atoms with E-state index in [0.717, 1.165) is 26.4 Å². The molecule has 134 valence electrons. The van der Waals surface area contributed by atoms with E-state index in [1.54, 1.807) is 31.6 Å². The van der Waals surface area contributed by atoms with Crippen LogP contribution < -0.4 is 9.47 Å². The number of allylic oxidation sites excluding steroid dienone is 1. The van der Waals surface area contributed by atoms with E-state index in [1.165, 1.54) is 0 Å². The maximum atomic E-state index is 11.1. The average Bonchev–Trinajstić information content (AvgIpc) is 3.09. The number of aromatic nitrogens is 1. The molecule has 0 aliphatic heterocycles. The number of carboxylic acids is 1. The zero-order valence-electron chi connectivity index (χ0n) is 14.6. The highest BCUT2D eigenvalue weighted by molar-refractivity contribution is 7.19. The normalized spacial score (nSPS) is 11.5. The van der Waals surface area contributed by atoms with Crippen molar-refractivity contribution in [3.63, 3.8) is 0 Å². The number of thiazole rings is 1. The van der Waals surface area contributed by atoms with E-state index in [0.29, 0.717) is 17.9 Å². The van der Waals surface area contributed by atoms with Gasteiger partial charge in [0.05, 0.1) is 24.4 Å². The zero-order valence-corrected chi connectivity index (χ0v) is 15.4. The number of ether oxygens (including phenoxy) is 2. The summed E-state index contributed by atoms with van der Waals surface area (Å²) in [6.07, 6.45) is 2.38. The Balaban J connectivity index is 2.05. The van der Waals surface area contributed by atoms with E-state index in [-0.39, 0.29) is 6.42 Å². The minimum Gasteiger partial charge on any atom is -0.497 e. The summed E-state index contributed by atoms with van der Waals surface area (Å²) in [5, 5.41) is 9.92. The first-order chi connectivity index (χ1) is 12.6. The molecule has 0 aliphatic rings. The fourth-order valence-electron chi connectivity index (χ4n) is 2.62. The lowest BCUT2D eigenvalue weighted by atomic mass is 10.1. The third-order valence-electron chi connectivity index (χ3n) is 3.95. The number of hydrogen-bond donors (Lipinski definition) is 1. The van der Waals surface area contributed by atoms with Crippen LogP contribution in [0.1, 0.15) is 23.4 Å². The van der Waals surface area contributed by atoms with Gasteiger partial charge in [-0.1, -0.05) is 12.1 Å². The van der Waals surface area contributed by atoms with Crippen molar-refractivity contribution in [1.29, 1.82) is 0 Å². The van der Waals surface area contributed by atoms with Crippen molar-refractivity contribution in [1.82, 2.24) is 4.98 Å². The molecule has 0 unspecified atom stereocenters. The molecular weight excluding hydrogens is 350 g/mol. The maximum Gasteiger partial charge on any atom is 0.303 e. The van der Waals surface area contributed by atoms with E-state index in [9.17, 15) is 4.79 Å². The second-order valence-electron chi connectivity index (χ2n) is 5.66. The number of carboxylic acid groups (broad SMARTS) is 1. The summed E-state index contributed by atoms with van der Waals surface area (Å²) in [6.45, 7) is 0. The predicted octanol–water partition coefficient (Wildman–Crippen LogP) is 4.72. The van der Waals surface area contributed by atoms with Gasteiger partial charge in [0.25, 0.3) is 0 Å². The summed E-state index contributed by atoms with van der Waals surface area (Å²) in [6, 6.07) is 13.4. The summed E-state index contributed by atoms with van der Waals surface area (Å²) in [5.41, 5.74) is 2.64. The molecule has 26 heavy (non-hydrogen) atoms. The van der Waals surface area contributed by atoms with Gasteiger partial charge >= 0.3 is 5.97 Å². The Labute approximate surface area is 155 Å². The second-order valence-corrected chi connectivity index (χ2v) is 6.69. The van der Waals surface area contributed by atoms with Crippen LogP contribution in [0.4, 0.5) is 0 Å². The third-order valence-corrected chi connectivity index (χ3v) is 5.06. The first-order valence-corrected chi connectivity index (χ1v) is 8.92. The molecule has 1 N–H and O–H groups in total. The van der Waals surface area contributed by atoms with Crippen LogP contribution in [0, 0.1) is 0 Å². The van der Waals surface area contributed by atoms with Crippen LogP contribution in [0.25, 0.3) is 21.9 Å². The van der Waals surface area contributed by atoms with Gasteiger partial charge in [0, 0.05) is 18.1 Å². The van der Waals surface area contributed by atoms with Crippen molar-refractivity contribution in [2.75, 3.05) is 14.2 Å². The zero-order chi connectivity index (χ0) is 18.5. The van der Waals surface area contributed by atoms with Gasteiger partial charge in [-0.25, -0.2) is 4.98 Å². The third kappa shape index (κ3) is 4.03. The fraction of sp³-hybridized carbons (Fsp3) is 0.200. The Kier molecular flexibility index (Phi) is 5.53. The van der Waals surface area contributed by atoms with Gasteiger partial charge < -0.3 is 14.6 Å². The van der Waals surface area contributed by atoms with Gasteiger partial charge in [-0.15, -0.1) is 11.3 Å². The van der Waals surface area contributed by atoms with Crippen molar-refractivity contribution in [3.8, 4) is 11.5 Å². The lowest BCUT2D eigenvalue weighted by Gasteiger charge is -2.09. The number of fused-ring (bicyclic) bond motifs is 1. The van der Waals surface area contributed by atoms with Gasteiger partial charge in [0.15, 0.2) is 0 Å². The van der Waals surface area contributed by atoms with Gasteiger partial charge in [0.2, 0.25) is 0 Å². The molecule has 5 nitrogen and oxygen atoms in total. The molecule has 3 aromatic rings. The molecule has 6 heteroatoms. The minimum absolute atomic E-state index is 0.0419. The molecule has 0 fully saturated rings. The Bertz CT molecular complexity index is 928. The van der Waals surface area contributed by atoms with Crippen molar-refractivity contribution in [3.05, 3.63) is 53.0 Å². The highest BCUT2D eigenvalue weighted by Crippen LogP contribution is 2.33. The Morgan fingerprint density at radius 1 is 1.15 bits per heavy atom. The summed E-state index contributed by atoms with van der Waals surface area (Å²) in [5.74, 6) is 0.531. The summed E-state index contributed by atoms with van der Waals surface area (Å²) in [4.78, 5) is 15.7. The van der Waals surface area contributed by atoms with Crippen LogP contribution in [-0.4, -0.2) is 30.3 Å². The Morgan fingerprint density at radius 3 is 2.65 bits per heavy atom. The molecule has 1 heterocycles. The van der Waals surface area contributed by atoms with E-state index < -0.39 is 5.97 Å². The number of para-hydroxylation sites is 1. The van der Waals surface area contributed by atoms with E-state index in [1.807, 2.05) is 42.5 Å². The molecule has 0 radical (unpaired) electrons. The molecule has 0 atom stereocenters. The summed E-state index contributed by atoms with van der Waals surface area (Å²) >= 11 is 1.56. The molecule has 3 rings (SSSR count). The summed E-state index contributed by atoms with van der Waals surface area (Å²) < 4.78 is 11.8. The molecule has 0 aliphatic carbocycles. The molecular formula is C20H19NO4S. The van der Waals surface area contributed by atoms with E-state index >= 15 is 0 Å². The topological polar surface area (TPSA) is 68.7 Å². The summed E-state index contributed by atoms with van der Waals surface area (Å²) in [7, 11) is 3.20. The molecule has 2 aromatic carbocycles. The van der Waals surface area contributed by atoms with Crippen molar-refractivity contribution in [2.45, 2.75) is 12.8 Å². The predicted molar refractivity (Wildman–Crippen MR) is 104 cm³/mol. The first-order valence-electron chi connectivity index (χ1n) is 8.11. The number of benzene rings is 2. The van der Waals surface area contributed by atoms with E-state index in [2.05, 4.69) is 4.98 Å². The van der Waals surface area contributed by atoms with Crippen molar-refractivity contribution < 1.29 is 19.4 Å². The van der Waals surface area contributed by atoms with Gasteiger partial charge in [0.1, 0.15) is 16.5 Å². The number of aliphatic carboxylic acids is 1. The standard InChI is InChI=1S/C20H19NO4S/c1-24-15-9-7-13(17(12-15)25-2)11-14(8-10-19(22)23)20-21-16-5-3-4-6-18(16)26-20/h3-7,9,11-12H,8,10H2,1-2H3,(H,22,23). The van der Waals surface area contributed by atoms with Gasteiger partial charge in [-0.05, 0) is 42.3 Å². The number of nitrogens with zero attached hydrogens (tertiary/aromatic N) is 1. The van der Waals surface area contributed by atoms with Crippen LogP contribution in [0.2, 0.25) is 0 Å². The molecule has 0 saturated heterocycles. The largest absolute Gasteiger partial charge is 0.497 e. The number of methoxy groups -OCH3 is 2. The number of hydrogen-bond acceptors (Lipinski definition) is 5. The Hall–Kier alpha value is -2.86. The molecule has 1 aromatic heterocycles. The van der Waals surface area contributed by atoms with Crippen molar-refractivity contribution in [2.24, 2.45) is 0 Å². The lowest BCUT2D eigenvalue weighted by Crippen LogP contribution is -1.96. The fourth-order valence-corrected chi connectivity index (χ4v) is 3.63. The van der Waals surface area contributed by atoms with Gasteiger partial charge in [-0.2, -0.15) is 0 Å².